The van der Waals surface area contributed by atoms with E-state index in [0.717, 1.165) is 23.7 Å². The van der Waals surface area contributed by atoms with E-state index < -0.39 is 23.3 Å². The lowest BCUT2D eigenvalue weighted by atomic mass is 9.82. The standard InChI is InChI=1S/C30H22ClNO6/c31-21-8-6-19(7-9-21)17-32-12-10-18(11-13-32)3-2-14-38-30(37)20-15-23-27(25(34)16-20)29(36)26-22(28(23)35)4-1-5-24(26)33/h1,4-13,15-16H,2-3,14,17H2,(H-,33,34,36)/p+1. The second kappa shape index (κ2) is 10.5. The molecule has 0 amide bonds. The number of aromatic hydroxyl groups is 2. The summed E-state index contributed by atoms with van der Waals surface area (Å²) in [6, 6.07) is 18.2. The highest BCUT2D eigenvalue weighted by atomic mass is 35.5. The number of phenols is 2. The number of rotatable bonds is 7. The number of hydrogen-bond acceptors (Lipinski definition) is 6. The van der Waals surface area contributed by atoms with Crippen LogP contribution in [0.15, 0.2) is 79.1 Å². The normalized spacial score (nSPS) is 12.1. The Labute approximate surface area is 223 Å². The van der Waals surface area contributed by atoms with Gasteiger partial charge < -0.3 is 14.9 Å². The molecule has 0 saturated heterocycles. The van der Waals surface area contributed by atoms with Crippen LogP contribution in [0.25, 0.3) is 0 Å². The van der Waals surface area contributed by atoms with Gasteiger partial charge in [0, 0.05) is 33.8 Å². The molecule has 1 aromatic heterocycles. The number of ether oxygens (including phenoxy) is 1. The fourth-order valence-electron chi connectivity index (χ4n) is 4.49. The average Bonchev–Trinajstić information content (AvgIpc) is 2.91. The fraction of sp³-hybridized carbons (Fsp3) is 0.133. The molecule has 1 heterocycles. The van der Waals surface area contributed by atoms with Crippen LogP contribution in [-0.4, -0.2) is 34.4 Å². The second-order valence-electron chi connectivity index (χ2n) is 9.02. The van der Waals surface area contributed by atoms with Crippen molar-refractivity contribution in [1.82, 2.24) is 0 Å². The molecule has 3 aromatic carbocycles. The molecule has 1 aliphatic rings. The SMILES string of the molecule is O=C(OCCCc1cc[n+](Cc2ccc(Cl)cc2)cc1)c1cc(O)c2c(c1)C(=O)c1cccc(O)c1C2=O. The first-order valence-corrected chi connectivity index (χ1v) is 12.4. The van der Waals surface area contributed by atoms with E-state index in [1.165, 1.54) is 24.3 Å². The van der Waals surface area contributed by atoms with E-state index in [4.69, 9.17) is 16.3 Å². The molecule has 1 aliphatic carbocycles. The summed E-state index contributed by atoms with van der Waals surface area (Å²) in [4.78, 5) is 38.4. The molecular weight excluding hydrogens is 506 g/mol. The number of benzene rings is 3. The van der Waals surface area contributed by atoms with Crippen molar-refractivity contribution in [3.63, 3.8) is 0 Å². The minimum Gasteiger partial charge on any atom is -0.507 e. The first-order valence-electron chi connectivity index (χ1n) is 12.0. The van der Waals surface area contributed by atoms with Crippen LogP contribution < -0.4 is 4.57 Å². The summed E-state index contributed by atoms with van der Waals surface area (Å²) in [5.74, 6) is -2.81. The maximum atomic E-state index is 13.0. The summed E-state index contributed by atoms with van der Waals surface area (Å²) in [7, 11) is 0. The van der Waals surface area contributed by atoms with Crippen LogP contribution >= 0.6 is 11.6 Å². The monoisotopic (exact) mass is 528 g/mol. The molecule has 0 spiro atoms. The van der Waals surface area contributed by atoms with Crippen LogP contribution in [0.5, 0.6) is 11.5 Å². The van der Waals surface area contributed by atoms with Crippen LogP contribution in [0.4, 0.5) is 0 Å². The number of aromatic nitrogens is 1. The molecule has 0 bridgehead atoms. The van der Waals surface area contributed by atoms with Crippen molar-refractivity contribution in [2.75, 3.05) is 6.61 Å². The van der Waals surface area contributed by atoms with Crippen LogP contribution in [0.2, 0.25) is 5.02 Å². The third-order valence-electron chi connectivity index (χ3n) is 6.42. The molecule has 0 unspecified atom stereocenters. The summed E-state index contributed by atoms with van der Waals surface area (Å²) in [5, 5.41) is 21.2. The van der Waals surface area contributed by atoms with Crippen molar-refractivity contribution in [3.8, 4) is 11.5 Å². The van der Waals surface area contributed by atoms with Crippen LogP contribution in [0, 0.1) is 0 Å². The van der Waals surface area contributed by atoms with Gasteiger partial charge >= 0.3 is 5.97 Å². The molecule has 0 saturated carbocycles. The van der Waals surface area contributed by atoms with Crippen LogP contribution in [-0.2, 0) is 17.7 Å². The van der Waals surface area contributed by atoms with Gasteiger partial charge in [-0.25, -0.2) is 9.36 Å². The van der Waals surface area contributed by atoms with Crippen molar-refractivity contribution in [1.29, 1.82) is 0 Å². The zero-order valence-corrected chi connectivity index (χ0v) is 20.9. The van der Waals surface area contributed by atoms with Gasteiger partial charge in [-0.2, -0.15) is 0 Å². The molecule has 2 N–H and O–H groups in total. The van der Waals surface area contributed by atoms with E-state index in [9.17, 15) is 24.6 Å². The molecule has 4 aromatic rings. The van der Waals surface area contributed by atoms with Gasteiger partial charge in [0.15, 0.2) is 24.7 Å². The molecule has 8 heteroatoms. The Morgan fingerprint density at radius 1 is 0.816 bits per heavy atom. The van der Waals surface area contributed by atoms with Crippen molar-refractivity contribution >= 4 is 29.1 Å². The quantitative estimate of drug-likeness (QED) is 0.181. The lowest BCUT2D eigenvalue weighted by Crippen LogP contribution is -2.33. The molecule has 190 valence electrons. The van der Waals surface area contributed by atoms with Gasteiger partial charge in [-0.3, -0.25) is 9.59 Å². The summed E-state index contributed by atoms with van der Waals surface area (Å²) < 4.78 is 7.41. The highest BCUT2D eigenvalue weighted by Crippen LogP contribution is 2.37. The zero-order valence-electron chi connectivity index (χ0n) is 20.2. The smallest absolute Gasteiger partial charge is 0.338 e. The summed E-state index contributed by atoms with van der Waals surface area (Å²) in [6.07, 6.45) is 5.25. The van der Waals surface area contributed by atoms with Gasteiger partial charge in [0.1, 0.15) is 11.5 Å². The second-order valence-corrected chi connectivity index (χ2v) is 9.46. The third kappa shape index (κ3) is 5.01. The average molecular weight is 529 g/mol. The number of aryl methyl sites for hydroxylation is 1. The summed E-state index contributed by atoms with van der Waals surface area (Å²) in [6.45, 7) is 0.865. The van der Waals surface area contributed by atoms with E-state index in [2.05, 4.69) is 4.57 Å². The van der Waals surface area contributed by atoms with E-state index in [0.29, 0.717) is 17.9 Å². The van der Waals surface area contributed by atoms with Gasteiger partial charge in [0.05, 0.1) is 23.3 Å². The van der Waals surface area contributed by atoms with E-state index in [1.54, 1.807) is 0 Å². The molecule has 7 nitrogen and oxygen atoms in total. The number of hydrogen-bond donors (Lipinski definition) is 2. The minimum atomic E-state index is -0.709. The lowest BCUT2D eigenvalue weighted by Gasteiger charge is -2.19. The van der Waals surface area contributed by atoms with Gasteiger partial charge in [-0.05, 0) is 48.7 Å². The molecule has 38 heavy (non-hydrogen) atoms. The minimum absolute atomic E-state index is 0.0183. The molecule has 0 aliphatic heterocycles. The lowest BCUT2D eigenvalue weighted by molar-refractivity contribution is -0.688. The Kier molecular flexibility index (Phi) is 6.94. The van der Waals surface area contributed by atoms with Gasteiger partial charge in [0.2, 0.25) is 5.78 Å². The Hall–Kier alpha value is -4.49. The number of phenolic OH excluding ortho intramolecular Hbond substituents is 2. The largest absolute Gasteiger partial charge is 0.507 e. The van der Waals surface area contributed by atoms with Gasteiger partial charge in [-0.15, -0.1) is 0 Å². The van der Waals surface area contributed by atoms with Crippen LogP contribution in [0.3, 0.4) is 0 Å². The number of carbonyl (C=O) groups excluding carboxylic acids is 3. The zero-order chi connectivity index (χ0) is 26.8. The van der Waals surface area contributed by atoms with Gasteiger partial charge in [0.25, 0.3) is 0 Å². The Bertz CT molecular complexity index is 1560. The molecule has 0 fully saturated rings. The number of esters is 1. The maximum absolute atomic E-state index is 13.0. The fourth-order valence-corrected chi connectivity index (χ4v) is 4.61. The first-order chi connectivity index (χ1) is 18.3. The van der Waals surface area contributed by atoms with Crippen molar-refractivity contribution in [3.05, 3.63) is 123 Å². The number of nitrogens with zero attached hydrogens (tertiary/aromatic N) is 1. The predicted molar refractivity (Wildman–Crippen MR) is 139 cm³/mol. The molecule has 0 atom stereocenters. The number of pyridine rings is 1. The van der Waals surface area contributed by atoms with Crippen molar-refractivity contribution < 1.29 is 33.9 Å². The number of fused-ring (bicyclic) bond motifs is 2. The highest BCUT2D eigenvalue weighted by Gasteiger charge is 2.35. The molecule has 0 radical (unpaired) electrons. The Morgan fingerprint density at radius 2 is 1.53 bits per heavy atom. The van der Waals surface area contributed by atoms with Crippen LogP contribution in [0.1, 0.15) is 59.7 Å². The van der Waals surface area contributed by atoms with Crippen molar-refractivity contribution in [2.45, 2.75) is 19.4 Å². The van der Waals surface area contributed by atoms with Gasteiger partial charge in [-0.1, -0.05) is 35.9 Å². The van der Waals surface area contributed by atoms with E-state index in [1.807, 2.05) is 48.8 Å². The number of carbonyl (C=O) groups is 3. The predicted octanol–water partition coefficient (Wildman–Crippen LogP) is 4.65. The molecule has 5 rings (SSSR count). The van der Waals surface area contributed by atoms with E-state index in [-0.39, 0.29) is 40.2 Å². The maximum Gasteiger partial charge on any atom is 0.338 e. The number of halogens is 1. The Morgan fingerprint density at radius 3 is 2.26 bits per heavy atom. The first kappa shape index (κ1) is 25.2. The van der Waals surface area contributed by atoms with E-state index >= 15 is 0 Å². The highest BCUT2D eigenvalue weighted by molar-refractivity contribution is 6.31. The Balaban J connectivity index is 1.19. The third-order valence-corrected chi connectivity index (χ3v) is 6.67. The molecular formula is C30H23ClNO6+. The topological polar surface area (TPSA) is 105 Å². The van der Waals surface area contributed by atoms with Crippen molar-refractivity contribution in [2.24, 2.45) is 0 Å². The summed E-state index contributed by atoms with van der Waals surface area (Å²) in [5.41, 5.74) is 1.71. The summed E-state index contributed by atoms with van der Waals surface area (Å²) >= 11 is 5.94. The number of ketones is 2.